The number of likely N-dealkylation sites (tertiary alicyclic amines) is 1. The van der Waals surface area contributed by atoms with Crippen LogP contribution in [0.25, 0.3) is 0 Å². The zero-order valence-corrected chi connectivity index (χ0v) is 20.1. The van der Waals surface area contributed by atoms with Crippen molar-refractivity contribution in [2.24, 2.45) is 5.92 Å². The number of para-hydroxylation sites is 1. The SMILES string of the molecule is CC1(c2ccc(Cl)cc2F)Oc2cccc(C34CCN(C(=O)OCc5ccccc5)CC3C4)c2O1. The van der Waals surface area contributed by atoms with Crippen LogP contribution >= 0.6 is 11.6 Å². The smallest absolute Gasteiger partial charge is 0.410 e. The molecule has 3 aliphatic rings. The molecule has 2 aliphatic heterocycles. The average molecular weight is 494 g/mol. The lowest BCUT2D eigenvalue weighted by Gasteiger charge is -2.32. The number of hydrogen-bond acceptors (Lipinski definition) is 4. The maximum Gasteiger partial charge on any atom is 0.410 e. The molecule has 0 bridgehead atoms. The van der Waals surface area contributed by atoms with Crippen molar-refractivity contribution in [1.82, 2.24) is 4.90 Å². The molecular weight excluding hydrogens is 469 g/mol. The molecule has 1 saturated carbocycles. The number of piperidine rings is 1. The van der Waals surface area contributed by atoms with Crippen molar-refractivity contribution in [2.45, 2.75) is 37.6 Å². The first-order valence-corrected chi connectivity index (χ1v) is 12.2. The van der Waals surface area contributed by atoms with E-state index in [-0.39, 0.29) is 18.1 Å². The Balaban J connectivity index is 1.17. The summed E-state index contributed by atoms with van der Waals surface area (Å²) in [5.74, 6) is -0.180. The van der Waals surface area contributed by atoms with Gasteiger partial charge < -0.3 is 19.1 Å². The number of rotatable bonds is 4. The van der Waals surface area contributed by atoms with Crippen molar-refractivity contribution in [3.8, 4) is 11.5 Å². The minimum absolute atomic E-state index is 0.0747. The summed E-state index contributed by atoms with van der Waals surface area (Å²) < 4.78 is 32.7. The van der Waals surface area contributed by atoms with E-state index < -0.39 is 11.6 Å². The van der Waals surface area contributed by atoms with Crippen LogP contribution in [0, 0.1) is 11.7 Å². The Bertz CT molecular complexity index is 1300. The highest BCUT2D eigenvalue weighted by Crippen LogP contribution is 2.63. The summed E-state index contributed by atoms with van der Waals surface area (Å²) in [6.07, 6.45) is 1.49. The van der Waals surface area contributed by atoms with Crippen LogP contribution in [-0.4, -0.2) is 24.1 Å². The molecular formula is C28H25ClFNO4. The van der Waals surface area contributed by atoms with Crippen LogP contribution in [0.5, 0.6) is 11.5 Å². The van der Waals surface area contributed by atoms with E-state index in [0.29, 0.717) is 41.1 Å². The molecule has 3 aromatic rings. The molecule has 5 nitrogen and oxygen atoms in total. The second-order valence-corrected chi connectivity index (χ2v) is 10.1. The van der Waals surface area contributed by atoms with Gasteiger partial charge in [0.25, 0.3) is 5.79 Å². The number of amides is 1. The van der Waals surface area contributed by atoms with Crippen molar-refractivity contribution in [2.75, 3.05) is 13.1 Å². The number of carbonyl (C=O) groups is 1. The number of ether oxygens (including phenoxy) is 3. The molecule has 2 fully saturated rings. The predicted molar refractivity (Wildman–Crippen MR) is 129 cm³/mol. The van der Waals surface area contributed by atoms with Gasteiger partial charge >= 0.3 is 6.09 Å². The van der Waals surface area contributed by atoms with Crippen molar-refractivity contribution >= 4 is 17.7 Å². The summed E-state index contributed by atoms with van der Waals surface area (Å²) in [7, 11) is 0. The summed E-state index contributed by atoms with van der Waals surface area (Å²) in [5, 5.41) is 0.319. The highest BCUT2D eigenvalue weighted by molar-refractivity contribution is 6.30. The lowest BCUT2D eigenvalue weighted by molar-refractivity contribution is -0.0712. The monoisotopic (exact) mass is 493 g/mol. The highest BCUT2D eigenvalue weighted by Gasteiger charge is 2.60. The molecule has 0 aromatic heterocycles. The Morgan fingerprint density at radius 3 is 2.71 bits per heavy atom. The molecule has 35 heavy (non-hydrogen) atoms. The Labute approximate surface area is 208 Å². The topological polar surface area (TPSA) is 48.0 Å². The summed E-state index contributed by atoms with van der Waals surface area (Å²) >= 11 is 5.94. The van der Waals surface area contributed by atoms with Gasteiger partial charge in [-0.05, 0) is 48.6 Å². The molecule has 6 rings (SSSR count). The van der Waals surface area contributed by atoms with Crippen molar-refractivity contribution < 1.29 is 23.4 Å². The molecule has 3 atom stereocenters. The predicted octanol–water partition coefficient (Wildman–Crippen LogP) is 6.42. The fourth-order valence-corrected chi connectivity index (χ4v) is 5.70. The van der Waals surface area contributed by atoms with E-state index in [1.807, 2.05) is 42.5 Å². The van der Waals surface area contributed by atoms with E-state index in [2.05, 4.69) is 6.07 Å². The minimum Gasteiger partial charge on any atom is -0.445 e. The number of carbonyl (C=O) groups excluding carboxylic acids is 1. The van der Waals surface area contributed by atoms with Crippen molar-refractivity contribution in [1.29, 1.82) is 0 Å². The fraction of sp³-hybridized carbons (Fsp3) is 0.321. The molecule has 1 aliphatic carbocycles. The van der Waals surface area contributed by atoms with Crippen LogP contribution in [-0.2, 0) is 22.5 Å². The van der Waals surface area contributed by atoms with E-state index in [1.165, 1.54) is 6.07 Å². The van der Waals surface area contributed by atoms with E-state index in [0.717, 1.165) is 24.0 Å². The second kappa shape index (κ2) is 8.16. The second-order valence-electron chi connectivity index (χ2n) is 9.70. The maximum absolute atomic E-state index is 14.7. The van der Waals surface area contributed by atoms with Crippen LogP contribution in [0.4, 0.5) is 9.18 Å². The number of hydrogen-bond donors (Lipinski definition) is 0. The van der Waals surface area contributed by atoms with Gasteiger partial charge in [-0.2, -0.15) is 0 Å². The van der Waals surface area contributed by atoms with Crippen LogP contribution in [0.2, 0.25) is 5.02 Å². The van der Waals surface area contributed by atoms with Gasteiger partial charge in [-0.25, -0.2) is 9.18 Å². The summed E-state index contributed by atoms with van der Waals surface area (Å²) in [6.45, 7) is 3.23. The highest BCUT2D eigenvalue weighted by atomic mass is 35.5. The molecule has 7 heteroatoms. The number of halogens is 2. The number of fused-ring (bicyclic) bond motifs is 2. The molecule has 1 saturated heterocycles. The van der Waals surface area contributed by atoms with Gasteiger partial charge in [-0.1, -0.05) is 54.1 Å². The summed E-state index contributed by atoms with van der Waals surface area (Å²) in [4.78, 5) is 14.5. The van der Waals surface area contributed by atoms with Gasteiger partial charge in [0.15, 0.2) is 11.5 Å². The van der Waals surface area contributed by atoms with Gasteiger partial charge in [-0.15, -0.1) is 0 Å². The largest absolute Gasteiger partial charge is 0.445 e. The zero-order chi connectivity index (χ0) is 24.2. The third-order valence-electron chi connectivity index (χ3n) is 7.50. The Morgan fingerprint density at radius 1 is 1.11 bits per heavy atom. The van der Waals surface area contributed by atoms with Crippen LogP contribution in [0.15, 0.2) is 66.7 Å². The van der Waals surface area contributed by atoms with Gasteiger partial charge in [0, 0.05) is 36.0 Å². The standard InChI is InChI=1S/C28H25ClFNO4/c1-27(21-11-10-20(29)14-23(21)30)34-24-9-5-8-22(25(24)35-27)28-12-13-31(16-19(28)15-28)26(32)33-17-18-6-3-2-4-7-18/h2-11,14,19H,12-13,15-17H2,1H3. The minimum atomic E-state index is -1.28. The van der Waals surface area contributed by atoms with E-state index >= 15 is 0 Å². The van der Waals surface area contributed by atoms with Crippen LogP contribution < -0.4 is 9.47 Å². The first-order valence-electron chi connectivity index (χ1n) is 11.8. The van der Waals surface area contributed by atoms with Gasteiger partial charge in [0.05, 0.1) is 5.56 Å². The molecule has 0 radical (unpaired) electrons. The number of nitrogens with zero attached hydrogens (tertiary/aromatic N) is 1. The van der Waals surface area contributed by atoms with Crippen molar-refractivity contribution in [3.63, 3.8) is 0 Å². The normalized spacial score (nSPS) is 26.3. The Morgan fingerprint density at radius 2 is 1.94 bits per heavy atom. The van der Waals surface area contributed by atoms with E-state index in [4.69, 9.17) is 25.8 Å². The number of benzene rings is 3. The lowest BCUT2D eigenvalue weighted by atomic mass is 9.86. The third-order valence-corrected chi connectivity index (χ3v) is 7.74. The van der Waals surface area contributed by atoms with Gasteiger partial charge in [0.2, 0.25) is 0 Å². The zero-order valence-electron chi connectivity index (χ0n) is 19.3. The Hall–Kier alpha value is -3.25. The molecule has 1 amide bonds. The average Bonchev–Trinajstić information content (AvgIpc) is 3.48. The maximum atomic E-state index is 14.7. The third kappa shape index (κ3) is 3.80. The van der Waals surface area contributed by atoms with Crippen molar-refractivity contribution in [3.05, 3.63) is 94.3 Å². The molecule has 3 unspecified atom stereocenters. The quantitative estimate of drug-likeness (QED) is 0.420. The Kier molecular flexibility index (Phi) is 5.18. The molecule has 0 N–H and O–H groups in total. The van der Waals surface area contributed by atoms with E-state index in [1.54, 1.807) is 24.0 Å². The molecule has 2 heterocycles. The first kappa shape index (κ1) is 22.2. The van der Waals surface area contributed by atoms with Crippen LogP contribution in [0.3, 0.4) is 0 Å². The van der Waals surface area contributed by atoms with E-state index in [9.17, 15) is 9.18 Å². The molecule has 3 aromatic carbocycles. The van der Waals surface area contributed by atoms with Crippen LogP contribution in [0.1, 0.15) is 36.5 Å². The molecule has 180 valence electrons. The summed E-state index contributed by atoms with van der Waals surface area (Å²) in [5.41, 5.74) is 2.26. The van der Waals surface area contributed by atoms with Gasteiger partial charge in [0.1, 0.15) is 12.4 Å². The fourth-order valence-electron chi connectivity index (χ4n) is 5.55. The van der Waals surface area contributed by atoms with Gasteiger partial charge in [-0.3, -0.25) is 0 Å². The summed E-state index contributed by atoms with van der Waals surface area (Å²) in [6, 6.07) is 20.0. The lowest BCUT2D eigenvalue weighted by Crippen LogP contribution is -2.40. The molecule has 0 spiro atoms. The first-order chi connectivity index (χ1) is 16.9.